The Kier molecular flexibility index (Phi) is 5.62. The number of aromatic hydroxyl groups is 1. The van der Waals surface area contributed by atoms with Crippen LogP contribution in [0.3, 0.4) is 0 Å². The number of piperazine rings is 1. The van der Waals surface area contributed by atoms with Gasteiger partial charge in [-0.3, -0.25) is 4.90 Å². The van der Waals surface area contributed by atoms with Gasteiger partial charge in [0, 0.05) is 49.1 Å². The van der Waals surface area contributed by atoms with Gasteiger partial charge in [-0.1, -0.05) is 12.0 Å². The molecule has 2 bridgehead atoms. The maximum Gasteiger partial charge on any atom is 0.207 e. The van der Waals surface area contributed by atoms with Crippen molar-refractivity contribution in [3.8, 4) is 28.8 Å². The summed E-state index contributed by atoms with van der Waals surface area (Å²) in [6.07, 6.45) is 1.89. The number of fused-ring (bicyclic) bond motifs is 5. The van der Waals surface area contributed by atoms with Gasteiger partial charge < -0.3 is 15.3 Å². The molecule has 6 heterocycles. The minimum atomic E-state index is -1.19. The molecule has 0 unspecified atom stereocenters. The van der Waals surface area contributed by atoms with Crippen LogP contribution in [0.1, 0.15) is 31.5 Å². The normalized spacial score (nSPS) is 26.8. The standard InChI is InChI=1S/C30H25F4N7O/c31-16-11-30(5-1-7-40(30)13-16)6-4-22-36-27-25(34)26(20-10-19(42)8-15-2-3-21(32)24(33)23(15)20)38-39-28(27)29(37-22)41-14-17-9-18(41)12-35-17/h2-3,8,10,16-18,35,42H,1,5,7,9,11-14H2/t16-,17+,18+,30-/m1/s1. The summed E-state index contributed by atoms with van der Waals surface area (Å²) in [5.41, 5.74) is -1.20. The van der Waals surface area contributed by atoms with E-state index >= 15 is 8.78 Å². The molecule has 2 aromatic carbocycles. The highest BCUT2D eigenvalue weighted by molar-refractivity contribution is 5.99. The number of hydrogen-bond donors (Lipinski definition) is 2. The fraction of sp³-hybridized carbons (Fsp3) is 0.400. The number of alkyl halides is 1. The number of phenols is 1. The Morgan fingerprint density at radius 1 is 1.05 bits per heavy atom. The van der Waals surface area contributed by atoms with Crippen LogP contribution in [-0.4, -0.2) is 80.1 Å². The van der Waals surface area contributed by atoms with Crippen LogP contribution in [0.2, 0.25) is 0 Å². The van der Waals surface area contributed by atoms with Crippen molar-refractivity contribution < 1.29 is 22.7 Å². The Morgan fingerprint density at radius 3 is 2.74 bits per heavy atom. The van der Waals surface area contributed by atoms with Gasteiger partial charge in [0.1, 0.15) is 23.1 Å². The average molecular weight is 576 g/mol. The van der Waals surface area contributed by atoms with E-state index in [0.717, 1.165) is 44.5 Å². The molecule has 0 amide bonds. The number of nitrogens with one attached hydrogen (secondary N) is 1. The summed E-state index contributed by atoms with van der Waals surface area (Å²) in [5, 5.41) is 22.1. The topological polar surface area (TPSA) is 90.3 Å². The van der Waals surface area contributed by atoms with Crippen LogP contribution in [0.15, 0.2) is 24.3 Å². The minimum Gasteiger partial charge on any atom is -0.508 e. The molecule has 4 saturated heterocycles. The van der Waals surface area contributed by atoms with Crippen molar-refractivity contribution in [2.24, 2.45) is 0 Å². The largest absolute Gasteiger partial charge is 0.508 e. The summed E-state index contributed by atoms with van der Waals surface area (Å²) in [6, 6.07) is 5.00. The van der Waals surface area contributed by atoms with E-state index < -0.39 is 34.9 Å². The smallest absolute Gasteiger partial charge is 0.207 e. The molecule has 8 rings (SSSR count). The predicted molar refractivity (Wildman–Crippen MR) is 147 cm³/mol. The third-order valence-corrected chi connectivity index (χ3v) is 9.12. The van der Waals surface area contributed by atoms with E-state index in [4.69, 9.17) is 4.98 Å². The second-order valence-corrected chi connectivity index (χ2v) is 11.7. The Labute approximate surface area is 237 Å². The molecule has 0 radical (unpaired) electrons. The molecule has 0 spiro atoms. The van der Waals surface area contributed by atoms with Crippen LogP contribution < -0.4 is 10.2 Å². The van der Waals surface area contributed by atoms with Crippen LogP contribution in [0.5, 0.6) is 5.75 Å². The third kappa shape index (κ3) is 3.83. The third-order valence-electron chi connectivity index (χ3n) is 9.12. The number of nitrogens with zero attached hydrogens (tertiary/aromatic N) is 6. The van der Waals surface area contributed by atoms with Crippen LogP contribution >= 0.6 is 0 Å². The van der Waals surface area contributed by atoms with Crippen LogP contribution in [0, 0.1) is 29.3 Å². The lowest BCUT2D eigenvalue weighted by molar-refractivity contribution is 0.255. The van der Waals surface area contributed by atoms with Gasteiger partial charge in [-0.05, 0) is 55.3 Å². The quantitative estimate of drug-likeness (QED) is 0.275. The Bertz CT molecular complexity index is 1860. The number of hydrogen-bond acceptors (Lipinski definition) is 8. The molecule has 8 nitrogen and oxygen atoms in total. The van der Waals surface area contributed by atoms with Crippen molar-refractivity contribution >= 4 is 27.6 Å². The zero-order valence-electron chi connectivity index (χ0n) is 22.3. The van der Waals surface area contributed by atoms with Crippen molar-refractivity contribution in [1.82, 2.24) is 30.4 Å². The fourth-order valence-corrected chi connectivity index (χ4v) is 7.23. The molecule has 2 aromatic heterocycles. The zero-order chi connectivity index (χ0) is 28.7. The molecule has 12 heteroatoms. The predicted octanol–water partition coefficient (Wildman–Crippen LogP) is 3.84. The van der Waals surface area contributed by atoms with E-state index in [1.165, 1.54) is 12.1 Å². The first-order chi connectivity index (χ1) is 20.3. The molecule has 2 N–H and O–H groups in total. The van der Waals surface area contributed by atoms with Gasteiger partial charge >= 0.3 is 0 Å². The van der Waals surface area contributed by atoms with Crippen LogP contribution in [0.4, 0.5) is 23.4 Å². The highest BCUT2D eigenvalue weighted by Gasteiger charge is 2.48. The molecule has 214 valence electrons. The van der Waals surface area contributed by atoms with Crippen LogP contribution in [0.25, 0.3) is 33.1 Å². The van der Waals surface area contributed by atoms with E-state index in [2.05, 4.69) is 42.1 Å². The van der Waals surface area contributed by atoms with E-state index in [1.54, 1.807) is 0 Å². The molecule has 0 aliphatic carbocycles. The lowest BCUT2D eigenvalue weighted by Gasteiger charge is -2.29. The number of anilines is 1. The fourth-order valence-electron chi connectivity index (χ4n) is 7.23. The first-order valence-corrected chi connectivity index (χ1v) is 14.1. The monoisotopic (exact) mass is 575 g/mol. The first-order valence-electron chi connectivity index (χ1n) is 14.1. The highest BCUT2D eigenvalue weighted by atomic mass is 19.2. The summed E-state index contributed by atoms with van der Waals surface area (Å²) in [7, 11) is 0. The Balaban J connectivity index is 1.33. The van der Waals surface area contributed by atoms with E-state index in [9.17, 15) is 13.9 Å². The second kappa shape index (κ2) is 9.21. The zero-order valence-corrected chi connectivity index (χ0v) is 22.3. The molecule has 4 fully saturated rings. The molecule has 4 aromatic rings. The maximum atomic E-state index is 16.5. The molecular formula is C30H25F4N7O. The van der Waals surface area contributed by atoms with Gasteiger partial charge in [0.2, 0.25) is 5.82 Å². The average Bonchev–Trinajstić information content (AvgIpc) is 3.75. The SMILES string of the molecule is Oc1cc(-c2nnc3c(N4C[C@@H]5C[C@H]4CN5)nc(C#C[C@@]45CCCN4C[C@H](F)C5)nc3c2F)c2c(F)c(F)ccc2c1. The van der Waals surface area contributed by atoms with Crippen molar-refractivity contribution in [3.05, 3.63) is 47.5 Å². The molecule has 42 heavy (non-hydrogen) atoms. The number of phenolic OH excluding ortho intramolecular Hbond substituents is 1. The van der Waals surface area contributed by atoms with Crippen molar-refractivity contribution in [1.29, 1.82) is 0 Å². The number of aromatic nitrogens is 4. The lowest BCUT2D eigenvalue weighted by atomic mass is 9.94. The Morgan fingerprint density at radius 2 is 1.93 bits per heavy atom. The van der Waals surface area contributed by atoms with Gasteiger partial charge in [0.25, 0.3) is 0 Å². The van der Waals surface area contributed by atoms with Crippen molar-refractivity contribution in [2.75, 3.05) is 31.1 Å². The molecule has 0 saturated carbocycles. The summed E-state index contributed by atoms with van der Waals surface area (Å²) >= 11 is 0. The lowest BCUT2D eigenvalue weighted by Crippen LogP contribution is -2.44. The summed E-state index contributed by atoms with van der Waals surface area (Å²) < 4.78 is 60.1. The first kappa shape index (κ1) is 25.6. The molecule has 4 aliphatic rings. The number of benzene rings is 2. The van der Waals surface area contributed by atoms with Gasteiger partial charge in [-0.15, -0.1) is 10.2 Å². The van der Waals surface area contributed by atoms with Gasteiger partial charge in [-0.25, -0.2) is 27.5 Å². The maximum absolute atomic E-state index is 16.5. The second-order valence-electron chi connectivity index (χ2n) is 11.7. The van der Waals surface area contributed by atoms with Gasteiger partial charge in [0.15, 0.2) is 28.8 Å². The molecule has 4 atom stereocenters. The Hall–Kier alpha value is -4.08. The van der Waals surface area contributed by atoms with Gasteiger partial charge in [0.05, 0.1) is 5.54 Å². The highest BCUT2D eigenvalue weighted by Crippen LogP contribution is 2.41. The summed E-state index contributed by atoms with van der Waals surface area (Å²) in [4.78, 5) is 13.3. The summed E-state index contributed by atoms with van der Waals surface area (Å²) in [6.45, 7) is 2.48. The van der Waals surface area contributed by atoms with Gasteiger partial charge in [-0.2, -0.15) is 0 Å². The number of rotatable bonds is 2. The van der Waals surface area contributed by atoms with Crippen molar-refractivity contribution in [2.45, 2.75) is 49.5 Å². The van der Waals surface area contributed by atoms with E-state index in [-0.39, 0.29) is 51.0 Å². The number of halogens is 4. The molecular weight excluding hydrogens is 550 g/mol. The van der Waals surface area contributed by atoms with Crippen molar-refractivity contribution in [3.63, 3.8) is 0 Å². The minimum absolute atomic E-state index is 0.0626. The van der Waals surface area contributed by atoms with Crippen LogP contribution in [-0.2, 0) is 0 Å². The van der Waals surface area contributed by atoms with E-state index in [1.807, 2.05) is 0 Å². The molecule has 4 aliphatic heterocycles. The van der Waals surface area contributed by atoms with E-state index in [0.29, 0.717) is 25.3 Å². The summed E-state index contributed by atoms with van der Waals surface area (Å²) in [5.74, 6) is 3.20.